The first-order valence-electron chi connectivity index (χ1n) is 5.84. The van der Waals surface area contributed by atoms with Crippen molar-refractivity contribution in [3.8, 4) is 0 Å². The number of nitrogens with two attached hydrogens (primary N) is 1. The molecule has 0 aliphatic carbocycles. The van der Waals surface area contributed by atoms with E-state index in [1.54, 1.807) is 0 Å². The van der Waals surface area contributed by atoms with Crippen LogP contribution in [0.15, 0.2) is 17.1 Å². The second-order valence-electron chi connectivity index (χ2n) is 4.44. The van der Waals surface area contributed by atoms with Gasteiger partial charge >= 0.3 is 5.69 Å². The molecule has 0 bridgehead atoms. The number of nitrogen functional groups attached to an aromatic ring is 1. The Kier molecular flexibility index (Phi) is 3.38. The zero-order valence-corrected chi connectivity index (χ0v) is 10.1. The third kappa shape index (κ3) is 2.00. The average molecular weight is 255 g/mol. The van der Waals surface area contributed by atoms with Crippen LogP contribution < -0.4 is 11.4 Å². The van der Waals surface area contributed by atoms with Crippen LogP contribution in [0.25, 0.3) is 0 Å². The fourth-order valence-corrected chi connectivity index (χ4v) is 2.19. The van der Waals surface area contributed by atoms with Crippen molar-refractivity contribution >= 4 is 5.82 Å². The van der Waals surface area contributed by atoms with Gasteiger partial charge in [-0.25, -0.2) is 4.79 Å². The molecule has 2 heterocycles. The molecule has 0 radical (unpaired) electrons. The molecular formula is C11H17N3O4. The summed E-state index contributed by atoms with van der Waals surface area (Å²) in [6.07, 6.45) is 0.721. The van der Waals surface area contributed by atoms with Gasteiger partial charge in [0.2, 0.25) is 0 Å². The molecule has 0 saturated carbocycles. The number of aliphatic hydroxyl groups excluding tert-OH is 2. The van der Waals surface area contributed by atoms with Crippen LogP contribution in [0.1, 0.15) is 26.0 Å². The topological polar surface area (TPSA) is 111 Å². The highest BCUT2D eigenvalue weighted by molar-refractivity contribution is 5.23. The largest absolute Gasteiger partial charge is 0.393 e. The summed E-state index contributed by atoms with van der Waals surface area (Å²) in [7, 11) is 0. The van der Waals surface area contributed by atoms with Crippen molar-refractivity contribution in [2.75, 3.05) is 12.3 Å². The average Bonchev–Trinajstić information content (AvgIpc) is 2.67. The number of nitrogens with zero attached hydrogens (tertiary/aromatic N) is 2. The summed E-state index contributed by atoms with van der Waals surface area (Å²) < 4.78 is 6.92. The Morgan fingerprint density at radius 2 is 2.44 bits per heavy atom. The van der Waals surface area contributed by atoms with Gasteiger partial charge in [0.1, 0.15) is 17.6 Å². The van der Waals surface area contributed by atoms with Crippen LogP contribution in [0.5, 0.6) is 0 Å². The van der Waals surface area contributed by atoms with Gasteiger partial charge in [0.25, 0.3) is 0 Å². The minimum atomic E-state index is -1.01. The van der Waals surface area contributed by atoms with E-state index in [2.05, 4.69) is 4.98 Å². The van der Waals surface area contributed by atoms with Gasteiger partial charge in [0.05, 0.1) is 12.7 Å². The van der Waals surface area contributed by atoms with Gasteiger partial charge in [-0.15, -0.1) is 0 Å². The van der Waals surface area contributed by atoms with Crippen LogP contribution >= 0.6 is 0 Å². The molecule has 4 N–H and O–H groups in total. The highest BCUT2D eigenvalue weighted by atomic mass is 16.6. The SMILES string of the molecule is CC[C@]1(CO)OC(n2ccc(N)nc2=O)CC1O. The van der Waals surface area contributed by atoms with Crippen molar-refractivity contribution in [3.63, 3.8) is 0 Å². The van der Waals surface area contributed by atoms with Crippen LogP contribution in [0, 0.1) is 0 Å². The smallest absolute Gasteiger partial charge is 0.351 e. The molecule has 2 rings (SSSR count). The van der Waals surface area contributed by atoms with Gasteiger partial charge in [-0.05, 0) is 12.5 Å². The van der Waals surface area contributed by atoms with Gasteiger partial charge in [-0.1, -0.05) is 6.92 Å². The predicted octanol–water partition coefficient (Wildman–Crippen LogP) is -0.754. The molecule has 7 heteroatoms. The summed E-state index contributed by atoms with van der Waals surface area (Å²) in [6, 6.07) is 1.49. The molecule has 1 aromatic heterocycles. The molecule has 100 valence electrons. The van der Waals surface area contributed by atoms with E-state index in [-0.39, 0.29) is 18.8 Å². The number of ether oxygens (including phenoxy) is 1. The van der Waals surface area contributed by atoms with E-state index in [4.69, 9.17) is 10.5 Å². The molecule has 0 amide bonds. The Hall–Kier alpha value is -1.44. The van der Waals surface area contributed by atoms with Crippen molar-refractivity contribution in [2.45, 2.75) is 37.7 Å². The predicted molar refractivity (Wildman–Crippen MR) is 63.8 cm³/mol. The Morgan fingerprint density at radius 1 is 1.72 bits per heavy atom. The number of aliphatic hydroxyl groups is 2. The lowest BCUT2D eigenvalue weighted by Crippen LogP contribution is -2.42. The van der Waals surface area contributed by atoms with Crippen molar-refractivity contribution in [1.29, 1.82) is 0 Å². The molecule has 1 aromatic rings. The standard InChI is InChI=1S/C11H17N3O4/c1-2-11(6-15)7(16)5-9(18-11)14-4-3-8(12)13-10(14)17/h3-4,7,9,15-16H,2,5-6H2,1H3,(H2,12,13,17)/t7?,9?,11-/m1/s1. The molecule has 3 atom stereocenters. The fourth-order valence-electron chi connectivity index (χ4n) is 2.19. The summed E-state index contributed by atoms with van der Waals surface area (Å²) in [5, 5.41) is 19.3. The minimum Gasteiger partial charge on any atom is -0.393 e. The van der Waals surface area contributed by atoms with Crippen molar-refractivity contribution < 1.29 is 14.9 Å². The Bertz CT molecular complexity index is 483. The van der Waals surface area contributed by atoms with Gasteiger partial charge in [-0.2, -0.15) is 4.98 Å². The molecule has 0 spiro atoms. The maximum absolute atomic E-state index is 11.7. The zero-order valence-electron chi connectivity index (χ0n) is 10.1. The van der Waals surface area contributed by atoms with Crippen LogP contribution in [0.4, 0.5) is 5.82 Å². The second-order valence-corrected chi connectivity index (χ2v) is 4.44. The van der Waals surface area contributed by atoms with Gasteiger partial charge in [0, 0.05) is 12.6 Å². The lowest BCUT2D eigenvalue weighted by Gasteiger charge is -2.28. The van der Waals surface area contributed by atoms with Crippen molar-refractivity contribution in [2.24, 2.45) is 0 Å². The maximum Gasteiger partial charge on any atom is 0.351 e. The van der Waals surface area contributed by atoms with Crippen LogP contribution in [0.3, 0.4) is 0 Å². The first-order chi connectivity index (χ1) is 8.52. The third-order valence-electron chi connectivity index (χ3n) is 3.43. The van der Waals surface area contributed by atoms with Gasteiger partial charge < -0.3 is 20.7 Å². The zero-order chi connectivity index (χ0) is 13.3. The van der Waals surface area contributed by atoms with E-state index in [1.165, 1.54) is 16.8 Å². The first kappa shape index (κ1) is 13.0. The van der Waals surface area contributed by atoms with E-state index >= 15 is 0 Å². The van der Waals surface area contributed by atoms with Crippen molar-refractivity contribution in [3.05, 3.63) is 22.7 Å². The van der Waals surface area contributed by atoms with E-state index in [0.717, 1.165) is 0 Å². The van der Waals surface area contributed by atoms with Crippen LogP contribution in [0.2, 0.25) is 0 Å². The molecule has 1 aliphatic heterocycles. The molecule has 1 aliphatic rings. The lowest BCUT2D eigenvalue weighted by molar-refractivity contribution is -0.130. The lowest BCUT2D eigenvalue weighted by atomic mass is 9.95. The number of hydrogen-bond donors (Lipinski definition) is 3. The summed E-state index contributed by atoms with van der Waals surface area (Å²) in [6.45, 7) is 1.52. The number of aromatic nitrogens is 2. The van der Waals surface area contributed by atoms with E-state index in [0.29, 0.717) is 6.42 Å². The molecule has 7 nitrogen and oxygen atoms in total. The van der Waals surface area contributed by atoms with E-state index < -0.39 is 23.6 Å². The second kappa shape index (κ2) is 4.68. The summed E-state index contributed by atoms with van der Waals surface area (Å²) in [5.41, 5.74) is 3.87. The highest BCUT2D eigenvalue weighted by Gasteiger charge is 2.47. The first-order valence-corrected chi connectivity index (χ1v) is 5.84. The molecule has 1 saturated heterocycles. The minimum absolute atomic E-state index is 0.138. The van der Waals surface area contributed by atoms with Gasteiger partial charge in [0.15, 0.2) is 0 Å². The maximum atomic E-state index is 11.7. The summed E-state index contributed by atoms with van der Waals surface area (Å²) in [5.74, 6) is 0.138. The van der Waals surface area contributed by atoms with Crippen molar-refractivity contribution in [1.82, 2.24) is 9.55 Å². The number of hydrogen-bond acceptors (Lipinski definition) is 6. The molecule has 0 aromatic carbocycles. The van der Waals surface area contributed by atoms with Crippen LogP contribution in [-0.4, -0.2) is 38.1 Å². The Labute approximate surface area is 104 Å². The Morgan fingerprint density at radius 3 is 2.94 bits per heavy atom. The summed E-state index contributed by atoms with van der Waals surface area (Å²) in [4.78, 5) is 15.3. The third-order valence-corrected chi connectivity index (χ3v) is 3.43. The number of anilines is 1. The summed E-state index contributed by atoms with van der Waals surface area (Å²) >= 11 is 0. The Balaban J connectivity index is 2.30. The van der Waals surface area contributed by atoms with Gasteiger partial charge in [-0.3, -0.25) is 4.57 Å². The fraction of sp³-hybridized carbons (Fsp3) is 0.636. The highest BCUT2D eigenvalue weighted by Crippen LogP contribution is 2.37. The molecule has 1 fully saturated rings. The van der Waals surface area contributed by atoms with E-state index in [9.17, 15) is 15.0 Å². The molecular weight excluding hydrogens is 238 g/mol. The molecule has 18 heavy (non-hydrogen) atoms. The van der Waals surface area contributed by atoms with E-state index in [1.807, 2.05) is 6.92 Å². The number of rotatable bonds is 3. The normalized spacial score (nSPS) is 31.7. The van der Waals surface area contributed by atoms with Crippen LogP contribution in [-0.2, 0) is 4.74 Å². The monoisotopic (exact) mass is 255 g/mol. The molecule has 2 unspecified atom stereocenters. The quantitative estimate of drug-likeness (QED) is 0.655.